The van der Waals surface area contributed by atoms with Crippen LogP contribution in [0.2, 0.25) is 0 Å². The van der Waals surface area contributed by atoms with Crippen molar-refractivity contribution in [2.24, 2.45) is 0 Å². The van der Waals surface area contributed by atoms with E-state index in [4.69, 9.17) is 4.52 Å². The lowest BCUT2D eigenvalue weighted by molar-refractivity contribution is 0.228. The molecule has 3 aromatic heterocycles. The third kappa shape index (κ3) is 2.46. The molecule has 1 saturated carbocycles. The van der Waals surface area contributed by atoms with Crippen molar-refractivity contribution in [3.05, 3.63) is 39.3 Å². The third-order valence-electron chi connectivity index (χ3n) is 4.76. The fourth-order valence-corrected chi connectivity index (χ4v) is 4.10. The Labute approximate surface area is 141 Å². The van der Waals surface area contributed by atoms with Crippen LogP contribution >= 0.6 is 11.3 Å². The first-order chi connectivity index (χ1) is 11.8. The Bertz CT molecular complexity index is 941. The molecule has 8 heteroatoms. The maximum absolute atomic E-state index is 12.1. The van der Waals surface area contributed by atoms with Gasteiger partial charge in [0.25, 0.3) is 5.56 Å². The highest BCUT2D eigenvalue weighted by Gasteiger charge is 2.34. The first kappa shape index (κ1) is 14.3. The summed E-state index contributed by atoms with van der Waals surface area (Å²) in [6.45, 7) is 1.54. The molecule has 7 nitrogen and oxygen atoms in total. The zero-order valence-corrected chi connectivity index (χ0v) is 13.9. The van der Waals surface area contributed by atoms with E-state index < -0.39 is 0 Å². The van der Waals surface area contributed by atoms with Crippen molar-refractivity contribution in [3.8, 4) is 0 Å². The summed E-state index contributed by atoms with van der Waals surface area (Å²) in [7, 11) is 0. The average molecular weight is 343 g/mol. The van der Waals surface area contributed by atoms with E-state index >= 15 is 0 Å². The van der Waals surface area contributed by atoms with Crippen molar-refractivity contribution in [3.63, 3.8) is 0 Å². The van der Waals surface area contributed by atoms with E-state index in [0.717, 1.165) is 49.5 Å². The van der Waals surface area contributed by atoms with Crippen molar-refractivity contribution < 1.29 is 4.52 Å². The molecule has 5 rings (SSSR count). The van der Waals surface area contributed by atoms with Gasteiger partial charge < -0.3 is 9.51 Å². The van der Waals surface area contributed by atoms with E-state index in [1.54, 1.807) is 0 Å². The maximum Gasteiger partial charge on any atom is 0.268 e. The lowest BCUT2D eigenvalue weighted by Crippen LogP contribution is -2.26. The monoisotopic (exact) mass is 343 g/mol. The van der Waals surface area contributed by atoms with E-state index in [1.807, 2.05) is 11.4 Å². The summed E-state index contributed by atoms with van der Waals surface area (Å²) in [5, 5.41) is 6.09. The Morgan fingerprint density at radius 3 is 3.12 bits per heavy atom. The fourth-order valence-electron chi connectivity index (χ4n) is 3.38. The van der Waals surface area contributed by atoms with Gasteiger partial charge in [0.05, 0.1) is 18.1 Å². The van der Waals surface area contributed by atoms with Gasteiger partial charge in [-0.05, 0) is 43.7 Å². The SMILES string of the molecule is O=c1[nH]c(CN2CCC[C@H]2c2noc(C3CC3)n2)nc2ccsc12. The number of nitrogens with one attached hydrogen (secondary N) is 1. The van der Waals surface area contributed by atoms with E-state index in [2.05, 4.69) is 25.0 Å². The van der Waals surface area contributed by atoms with Crippen molar-refractivity contribution in [1.29, 1.82) is 0 Å². The third-order valence-corrected chi connectivity index (χ3v) is 5.66. The minimum atomic E-state index is -0.0590. The summed E-state index contributed by atoms with van der Waals surface area (Å²) >= 11 is 1.42. The van der Waals surface area contributed by atoms with E-state index in [1.165, 1.54) is 11.3 Å². The Morgan fingerprint density at radius 1 is 1.33 bits per heavy atom. The number of H-pyrrole nitrogens is 1. The molecule has 1 atom stereocenters. The van der Waals surface area contributed by atoms with Crippen LogP contribution in [0, 0.1) is 0 Å². The molecule has 0 aromatic carbocycles. The van der Waals surface area contributed by atoms with Crippen LogP contribution in [0.3, 0.4) is 0 Å². The number of hydrogen-bond acceptors (Lipinski definition) is 7. The van der Waals surface area contributed by atoms with Gasteiger partial charge in [-0.2, -0.15) is 4.98 Å². The number of aromatic amines is 1. The highest BCUT2D eigenvalue weighted by Crippen LogP contribution is 2.40. The molecule has 3 aromatic rings. The second kappa shape index (κ2) is 5.49. The van der Waals surface area contributed by atoms with E-state index in [-0.39, 0.29) is 11.6 Å². The molecule has 0 bridgehead atoms. The van der Waals surface area contributed by atoms with Crippen molar-refractivity contribution in [1.82, 2.24) is 25.0 Å². The summed E-state index contributed by atoms with van der Waals surface area (Å²) in [5.74, 6) is 2.72. The second-order valence-corrected chi connectivity index (χ2v) is 7.46. The van der Waals surface area contributed by atoms with Crippen molar-refractivity contribution in [2.75, 3.05) is 6.54 Å². The minimum absolute atomic E-state index is 0.0590. The molecule has 0 spiro atoms. The number of nitrogens with zero attached hydrogens (tertiary/aromatic N) is 4. The molecule has 1 aliphatic carbocycles. The molecular formula is C16H17N5O2S. The van der Waals surface area contributed by atoms with Gasteiger partial charge in [0.2, 0.25) is 5.89 Å². The zero-order valence-electron chi connectivity index (χ0n) is 13.1. The summed E-state index contributed by atoms with van der Waals surface area (Å²) in [6.07, 6.45) is 4.40. The van der Waals surface area contributed by atoms with Gasteiger partial charge in [-0.15, -0.1) is 11.3 Å². The Morgan fingerprint density at radius 2 is 2.25 bits per heavy atom. The average Bonchev–Trinajstić information content (AvgIpc) is 3.00. The molecule has 2 fully saturated rings. The zero-order chi connectivity index (χ0) is 16.1. The topological polar surface area (TPSA) is 87.9 Å². The molecular weight excluding hydrogens is 326 g/mol. The standard InChI is InChI=1S/C16H17N5O2S/c22-15-13-10(5-7-24-13)17-12(18-15)8-21-6-1-2-11(21)14-19-16(23-20-14)9-3-4-9/h5,7,9,11H,1-4,6,8H2,(H,17,18,22)/t11-/m0/s1. The molecule has 0 amide bonds. The largest absolute Gasteiger partial charge is 0.339 e. The van der Waals surface area contributed by atoms with Crippen LogP contribution in [0.15, 0.2) is 20.8 Å². The molecule has 2 aliphatic rings. The van der Waals surface area contributed by atoms with Gasteiger partial charge >= 0.3 is 0 Å². The maximum atomic E-state index is 12.1. The van der Waals surface area contributed by atoms with Crippen molar-refractivity contribution >= 4 is 21.6 Å². The fraction of sp³-hybridized carbons (Fsp3) is 0.500. The Kier molecular flexibility index (Phi) is 3.27. The van der Waals surface area contributed by atoms with E-state index in [9.17, 15) is 4.79 Å². The number of rotatable bonds is 4. The normalized spacial score (nSPS) is 21.8. The summed E-state index contributed by atoms with van der Waals surface area (Å²) < 4.78 is 6.09. The number of likely N-dealkylation sites (tertiary alicyclic amines) is 1. The lowest BCUT2D eigenvalue weighted by Gasteiger charge is -2.20. The molecule has 1 N–H and O–H groups in total. The Balaban J connectivity index is 1.40. The van der Waals surface area contributed by atoms with Crippen LogP contribution in [0.25, 0.3) is 10.2 Å². The molecule has 24 heavy (non-hydrogen) atoms. The highest BCUT2D eigenvalue weighted by molar-refractivity contribution is 7.17. The summed E-state index contributed by atoms with van der Waals surface area (Å²) in [6, 6.07) is 2.03. The number of hydrogen-bond donors (Lipinski definition) is 1. The smallest absolute Gasteiger partial charge is 0.268 e. The minimum Gasteiger partial charge on any atom is -0.339 e. The van der Waals surface area contributed by atoms with Gasteiger partial charge in [0, 0.05) is 5.92 Å². The van der Waals surface area contributed by atoms with Crippen LogP contribution in [-0.4, -0.2) is 31.6 Å². The number of thiophene rings is 1. The molecule has 4 heterocycles. The molecule has 0 unspecified atom stereocenters. The Hall–Kier alpha value is -2.06. The first-order valence-corrected chi connectivity index (χ1v) is 9.20. The van der Waals surface area contributed by atoms with Crippen molar-refractivity contribution in [2.45, 2.75) is 44.2 Å². The molecule has 1 aliphatic heterocycles. The highest BCUT2D eigenvalue weighted by atomic mass is 32.1. The van der Waals surface area contributed by atoms with Gasteiger partial charge in [0.1, 0.15) is 10.5 Å². The van der Waals surface area contributed by atoms with Gasteiger partial charge in [-0.1, -0.05) is 5.16 Å². The van der Waals surface area contributed by atoms with Crippen LogP contribution in [0.1, 0.15) is 55.2 Å². The van der Waals surface area contributed by atoms with Gasteiger partial charge in [0.15, 0.2) is 5.82 Å². The summed E-state index contributed by atoms with van der Waals surface area (Å²) in [5.41, 5.74) is 0.710. The number of aromatic nitrogens is 4. The van der Waals surface area contributed by atoms with Gasteiger partial charge in [-0.3, -0.25) is 9.69 Å². The van der Waals surface area contributed by atoms with Gasteiger partial charge in [-0.25, -0.2) is 4.98 Å². The predicted molar refractivity (Wildman–Crippen MR) is 88.9 cm³/mol. The first-order valence-electron chi connectivity index (χ1n) is 8.32. The second-order valence-electron chi connectivity index (χ2n) is 6.54. The molecule has 124 valence electrons. The summed E-state index contributed by atoms with van der Waals surface area (Å²) in [4.78, 5) is 26.5. The lowest BCUT2D eigenvalue weighted by atomic mass is 10.2. The molecule has 0 radical (unpaired) electrons. The van der Waals surface area contributed by atoms with E-state index in [0.29, 0.717) is 23.0 Å². The predicted octanol–water partition coefficient (Wildman–Crippen LogP) is 2.58. The quantitative estimate of drug-likeness (QED) is 0.783. The van der Waals surface area contributed by atoms with Crippen LogP contribution in [0.4, 0.5) is 0 Å². The van der Waals surface area contributed by atoms with Crippen LogP contribution in [-0.2, 0) is 6.54 Å². The number of fused-ring (bicyclic) bond motifs is 1. The van der Waals surface area contributed by atoms with Crippen LogP contribution < -0.4 is 5.56 Å². The van der Waals surface area contributed by atoms with Crippen LogP contribution in [0.5, 0.6) is 0 Å². The molecule has 1 saturated heterocycles.